The summed E-state index contributed by atoms with van der Waals surface area (Å²) in [5.74, 6) is 0.217. The molecule has 308 valence electrons. The average molecular weight is 809 g/mol. The van der Waals surface area contributed by atoms with Crippen LogP contribution in [0.2, 0.25) is 0 Å². The lowest BCUT2D eigenvalue weighted by Crippen LogP contribution is -2.16. The van der Waals surface area contributed by atoms with E-state index in [1.165, 1.54) is 22.3 Å². The number of hydrogen-bond acceptors (Lipinski definition) is 7. The Bertz CT molecular complexity index is 2790. The van der Waals surface area contributed by atoms with E-state index in [0.717, 1.165) is 67.3 Å². The molecular formula is C52H52N6O3. The molecule has 2 heterocycles. The zero-order valence-electron chi connectivity index (χ0n) is 35.7. The Labute approximate surface area is 357 Å². The van der Waals surface area contributed by atoms with E-state index >= 15 is 0 Å². The van der Waals surface area contributed by atoms with Gasteiger partial charge in [-0.1, -0.05) is 77.9 Å². The molecule has 0 saturated carbocycles. The van der Waals surface area contributed by atoms with Crippen molar-refractivity contribution in [1.29, 1.82) is 0 Å². The number of carbonyl (C=O) groups is 3. The van der Waals surface area contributed by atoms with Crippen LogP contribution in [-0.4, -0.2) is 56.7 Å². The molecule has 0 bridgehead atoms. The second-order valence-electron chi connectivity index (χ2n) is 15.4. The van der Waals surface area contributed by atoms with Gasteiger partial charge in [0.05, 0.1) is 47.9 Å². The van der Waals surface area contributed by atoms with Gasteiger partial charge in [-0.2, -0.15) is 10.2 Å². The highest BCUT2D eigenvalue weighted by atomic mass is 16.1. The monoisotopic (exact) mass is 808 g/mol. The third kappa shape index (κ3) is 11.1. The van der Waals surface area contributed by atoms with Crippen molar-refractivity contribution in [3.8, 4) is 11.4 Å². The van der Waals surface area contributed by atoms with Crippen LogP contribution >= 0.6 is 0 Å². The van der Waals surface area contributed by atoms with E-state index < -0.39 is 0 Å². The van der Waals surface area contributed by atoms with Crippen LogP contribution in [-0.2, 0) is 22.4 Å². The molecule has 0 aliphatic rings. The number of Topliss-reactive ketones (excluding diaryl/α,β-unsaturated/α-hetero) is 2. The van der Waals surface area contributed by atoms with Crippen LogP contribution in [0.5, 0.6) is 0 Å². The van der Waals surface area contributed by atoms with Gasteiger partial charge in [0.1, 0.15) is 6.29 Å². The summed E-state index contributed by atoms with van der Waals surface area (Å²) in [6.45, 7) is 12.6. The van der Waals surface area contributed by atoms with Crippen LogP contribution in [0.15, 0.2) is 139 Å². The maximum atomic E-state index is 12.4. The first-order chi connectivity index (χ1) is 29.4. The number of aromatic nitrogens is 4. The number of hydrogen-bond donors (Lipinski definition) is 1. The first-order valence-electron chi connectivity index (χ1n) is 20.3. The Morgan fingerprint density at radius 2 is 1.00 bits per heavy atom. The van der Waals surface area contributed by atoms with Crippen molar-refractivity contribution in [2.75, 3.05) is 13.1 Å². The Kier molecular flexibility index (Phi) is 14.4. The minimum atomic E-state index is 0.0948. The third-order valence-corrected chi connectivity index (χ3v) is 10.6. The molecule has 9 nitrogen and oxygen atoms in total. The van der Waals surface area contributed by atoms with E-state index in [-0.39, 0.29) is 24.7 Å². The molecule has 8 rings (SSSR count). The van der Waals surface area contributed by atoms with E-state index in [1.807, 2.05) is 128 Å². The predicted octanol–water partition coefficient (Wildman–Crippen LogP) is 9.70. The number of fused-ring (bicyclic) bond motifs is 2. The van der Waals surface area contributed by atoms with E-state index in [9.17, 15) is 14.4 Å². The molecule has 8 aromatic rings. The third-order valence-electron chi connectivity index (χ3n) is 10.6. The molecule has 0 fully saturated rings. The Morgan fingerprint density at radius 1 is 0.574 bits per heavy atom. The fraction of sp³-hybridized carbons (Fsp3) is 0.192. The fourth-order valence-electron chi connectivity index (χ4n) is 7.07. The van der Waals surface area contributed by atoms with Gasteiger partial charge in [-0.05, 0) is 135 Å². The Morgan fingerprint density at radius 3 is 1.44 bits per heavy atom. The number of nitrogens with two attached hydrogens (primary N) is 1. The first-order valence-corrected chi connectivity index (χ1v) is 20.3. The summed E-state index contributed by atoms with van der Waals surface area (Å²) in [6, 6.07) is 40.3. The number of aldehydes is 1. The maximum Gasteiger partial charge on any atom is 0.158 e. The summed E-state index contributed by atoms with van der Waals surface area (Å²) in [6.07, 6.45) is 7.15. The number of aryl methyl sites for hydroxylation is 6. The lowest BCUT2D eigenvalue weighted by Gasteiger charge is -2.07. The summed E-state index contributed by atoms with van der Waals surface area (Å²) in [7, 11) is 0. The van der Waals surface area contributed by atoms with Gasteiger partial charge in [0.15, 0.2) is 11.6 Å². The van der Waals surface area contributed by atoms with Crippen LogP contribution < -0.4 is 5.73 Å². The SMILES string of the molecule is Cc1ccc(-n2ncc3cc(C=NCC(=O)Cc4c(C)cccc4C)ccc32)cc1.Cc1ccc(-n2ncc3cc(C=O)ccc32)cc1.Cc1cccc(C)c1CC(=O)CN. The Balaban J connectivity index is 0.000000170. The molecule has 0 spiro atoms. The van der Waals surface area contributed by atoms with Crippen LogP contribution in [0, 0.1) is 41.5 Å². The Hall–Kier alpha value is -7.10. The first kappa shape index (κ1) is 43.5. The molecule has 2 N–H and O–H groups in total. The summed E-state index contributed by atoms with van der Waals surface area (Å²) in [4.78, 5) is 38.7. The van der Waals surface area contributed by atoms with Gasteiger partial charge in [-0.15, -0.1) is 0 Å². The van der Waals surface area contributed by atoms with Gasteiger partial charge in [0.2, 0.25) is 0 Å². The van der Waals surface area contributed by atoms with Crippen molar-refractivity contribution < 1.29 is 14.4 Å². The lowest BCUT2D eigenvalue weighted by atomic mass is 9.98. The second kappa shape index (κ2) is 20.2. The highest BCUT2D eigenvalue weighted by Gasteiger charge is 2.10. The van der Waals surface area contributed by atoms with Crippen molar-refractivity contribution in [3.05, 3.63) is 189 Å². The standard InChI is InChI=1S/C26H25N3O.C15H12N2O.C11H15NO/c1-18-7-10-23(11-8-18)29-26-12-9-21(13-22(26)16-28-29)15-27-17-24(30)14-25-19(2)5-4-6-20(25)3;1-11-2-5-14(6-3-11)17-15-7-4-12(10-18)8-13(15)9-16-17;1-8-4-3-5-9(2)11(8)6-10(13)7-12/h4-13,15-16H,14,17H2,1-3H3;2-10H,1H3;3-5H,6-7,12H2,1-2H3. The average Bonchev–Trinajstić information content (AvgIpc) is 3.89. The van der Waals surface area contributed by atoms with Crippen molar-refractivity contribution in [1.82, 2.24) is 19.6 Å². The summed E-state index contributed by atoms with van der Waals surface area (Å²) >= 11 is 0. The summed E-state index contributed by atoms with van der Waals surface area (Å²) in [5, 5.41) is 10.9. The number of carbonyl (C=O) groups excluding carboxylic acids is 3. The van der Waals surface area contributed by atoms with Crippen LogP contribution in [0.3, 0.4) is 0 Å². The highest BCUT2D eigenvalue weighted by Crippen LogP contribution is 2.22. The van der Waals surface area contributed by atoms with Crippen molar-refractivity contribution in [2.24, 2.45) is 10.7 Å². The van der Waals surface area contributed by atoms with E-state index in [1.54, 1.807) is 12.4 Å². The highest BCUT2D eigenvalue weighted by molar-refractivity contribution is 5.91. The van der Waals surface area contributed by atoms with Gasteiger partial charge in [-0.3, -0.25) is 19.4 Å². The minimum Gasteiger partial charge on any atom is -0.324 e. The number of benzene rings is 6. The molecule has 2 aromatic heterocycles. The molecule has 61 heavy (non-hydrogen) atoms. The molecule has 0 amide bonds. The smallest absolute Gasteiger partial charge is 0.158 e. The minimum absolute atomic E-state index is 0.0948. The topological polar surface area (TPSA) is 125 Å². The lowest BCUT2D eigenvalue weighted by molar-refractivity contribution is -0.117. The number of nitrogens with zero attached hydrogens (tertiary/aromatic N) is 5. The number of aliphatic imine (C=N–C) groups is 1. The number of ketones is 2. The summed E-state index contributed by atoms with van der Waals surface area (Å²) < 4.78 is 3.81. The molecule has 0 atom stereocenters. The van der Waals surface area contributed by atoms with Crippen molar-refractivity contribution >= 4 is 45.9 Å². The van der Waals surface area contributed by atoms with Gasteiger partial charge in [-0.25, -0.2) is 9.36 Å². The summed E-state index contributed by atoms with van der Waals surface area (Å²) in [5.41, 5.74) is 20.3. The van der Waals surface area contributed by atoms with Gasteiger partial charge < -0.3 is 5.73 Å². The molecule has 6 aromatic carbocycles. The normalized spacial score (nSPS) is 10.9. The van der Waals surface area contributed by atoms with E-state index in [2.05, 4.69) is 65.4 Å². The zero-order chi connectivity index (χ0) is 43.5. The second-order valence-corrected chi connectivity index (χ2v) is 15.4. The predicted molar refractivity (Wildman–Crippen MR) is 248 cm³/mol. The molecule has 0 unspecified atom stereocenters. The molecule has 0 aliphatic carbocycles. The van der Waals surface area contributed by atoms with Crippen molar-refractivity contribution in [2.45, 2.75) is 54.4 Å². The van der Waals surface area contributed by atoms with Crippen LogP contribution in [0.25, 0.3) is 33.2 Å². The van der Waals surface area contributed by atoms with E-state index in [0.29, 0.717) is 18.4 Å². The number of rotatable bonds is 11. The molecule has 0 radical (unpaired) electrons. The van der Waals surface area contributed by atoms with Gasteiger partial charge in [0.25, 0.3) is 0 Å². The van der Waals surface area contributed by atoms with Gasteiger partial charge >= 0.3 is 0 Å². The van der Waals surface area contributed by atoms with Crippen molar-refractivity contribution in [3.63, 3.8) is 0 Å². The zero-order valence-corrected chi connectivity index (χ0v) is 35.7. The van der Waals surface area contributed by atoms with E-state index in [4.69, 9.17) is 5.73 Å². The maximum absolute atomic E-state index is 12.4. The molecule has 0 aliphatic heterocycles. The molecule has 9 heteroatoms. The van der Waals surface area contributed by atoms with Crippen LogP contribution in [0.1, 0.15) is 60.4 Å². The molecular weight excluding hydrogens is 757 g/mol. The quantitative estimate of drug-likeness (QED) is 0.103. The van der Waals surface area contributed by atoms with Crippen LogP contribution in [0.4, 0.5) is 0 Å². The van der Waals surface area contributed by atoms with Gasteiger partial charge in [0, 0.05) is 35.4 Å². The largest absolute Gasteiger partial charge is 0.324 e. The fourth-order valence-corrected chi connectivity index (χ4v) is 7.07. The molecule has 0 saturated heterocycles.